The molecule has 3 nitrogen and oxygen atoms in total. The highest BCUT2D eigenvalue weighted by Gasteiger charge is 2.08. The van der Waals surface area contributed by atoms with Crippen LogP contribution in [0.15, 0.2) is 15.5 Å². The molecule has 0 bridgehead atoms. The fraction of sp³-hybridized carbons (Fsp3) is 0.824. The molecule has 0 aromatic carbocycles. The quantitative estimate of drug-likeness (QED) is 0.523. The Morgan fingerprint density at radius 3 is 2.05 bits per heavy atom. The number of aromatic amines is 1. The molecule has 0 saturated carbocycles. The number of hydrogen-bond donors (Lipinski definition) is 1. The van der Waals surface area contributed by atoms with Crippen molar-refractivity contribution in [1.82, 2.24) is 4.98 Å². The SMILES string of the molecule is CCCCCCCCCCCCC(C)c1coc(=O)[nH]1. The zero-order chi connectivity index (χ0) is 14.6. The van der Waals surface area contributed by atoms with E-state index in [2.05, 4.69) is 18.8 Å². The summed E-state index contributed by atoms with van der Waals surface area (Å²) in [7, 11) is 0. The van der Waals surface area contributed by atoms with Gasteiger partial charge < -0.3 is 4.42 Å². The van der Waals surface area contributed by atoms with Gasteiger partial charge in [0.2, 0.25) is 0 Å². The molecular formula is C17H31NO2. The molecule has 0 radical (unpaired) electrons. The molecule has 1 rings (SSSR count). The normalized spacial score (nSPS) is 12.7. The number of aromatic nitrogens is 1. The van der Waals surface area contributed by atoms with Gasteiger partial charge in [-0.2, -0.15) is 0 Å². The second-order valence-corrected chi connectivity index (χ2v) is 5.98. The van der Waals surface area contributed by atoms with Gasteiger partial charge in [-0.05, 0) is 12.3 Å². The third-order valence-electron chi connectivity index (χ3n) is 4.06. The Labute approximate surface area is 123 Å². The van der Waals surface area contributed by atoms with Gasteiger partial charge in [0.05, 0.1) is 5.69 Å². The van der Waals surface area contributed by atoms with E-state index in [9.17, 15) is 4.79 Å². The predicted octanol–water partition coefficient (Wildman–Crippen LogP) is 5.38. The molecule has 1 aromatic heterocycles. The molecule has 1 unspecified atom stereocenters. The van der Waals surface area contributed by atoms with E-state index in [1.807, 2.05) is 0 Å². The highest BCUT2D eigenvalue weighted by atomic mass is 16.4. The van der Waals surface area contributed by atoms with Crippen LogP contribution in [0.2, 0.25) is 0 Å². The molecular weight excluding hydrogens is 250 g/mol. The lowest BCUT2D eigenvalue weighted by Crippen LogP contribution is -2.00. The highest BCUT2D eigenvalue weighted by molar-refractivity contribution is 4.98. The summed E-state index contributed by atoms with van der Waals surface area (Å²) in [6.45, 7) is 4.41. The van der Waals surface area contributed by atoms with Gasteiger partial charge in [-0.3, -0.25) is 4.98 Å². The molecule has 1 heterocycles. The van der Waals surface area contributed by atoms with E-state index in [-0.39, 0.29) is 5.76 Å². The minimum absolute atomic E-state index is 0.338. The van der Waals surface area contributed by atoms with E-state index in [4.69, 9.17) is 4.42 Å². The summed E-state index contributed by atoms with van der Waals surface area (Å²) in [6, 6.07) is 0. The van der Waals surface area contributed by atoms with Crippen molar-refractivity contribution in [3.63, 3.8) is 0 Å². The fourth-order valence-electron chi connectivity index (χ4n) is 2.63. The van der Waals surface area contributed by atoms with Crippen LogP contribution in [0.1, 0.15) is 96.1 Å². The minimum atomic E-state index is -0.338. The molecule has 0 aliphatic heterocycles. The topological polar surface area (TPSA) is 46.0 Å². The van der Waals surface area contributed by atoms with Crippen LogP contribution in [0.5, 0.6) is 0 Å². The van der Waals surface area contributed by atoms with Gasteiger partial charge in [0, 0.05) is 0 Å². The summed E-state index contributed by atoms with van der Waals surface area (Å²) in [4.78, 5) is 13.7. The van der Waals surface area contributed by atoms with E-state index >= 15 is 0 Å². The smallest absolute Gasteiger partial charge is 0.416 e. The molecule has 1 atom stereocenters. The first kappa shape index (κ1) is 17.1. The van der Waals surface area contributed by atoms with Gasteiger partial charge in [-0.25, -0.2) is 4.79 Å². The van der Waals surface area contributed by atoms with E-state index in [0.29, 0.717) is 5.92 Å². The molecule has 116 valence electrons. The van der Waals surface area contributed by atoms with Crippen LogP contribution in [0, 0.1) is 0 Å². The third-order valence-corrected chi connectivity index (χ3v) is 4.06. The second kappa shape index (κ2) is 10.8. The summed E-state index contributed by atoms with van der Waals surface area (Å²) in [5, 5.41) is 0. The lowest BCUT2D eigenvalue weighted by Gasteiger charge is -2.08. The van der Waals surface area contributed by atoms with Crippen molar-refractivity contribution < 1.29 is 4.42 Å². The monoisotopic (exact) mass is 281 g/mol. The standard InChI is InChI=1S/C17H31NO2/c1-3-4-5-6-7-8-9-10-11-12-13-15(2)16-14-20-17(19)18-16/h14-15H,3-13H2,1-2H3,(H,18,19). The van der Waals surface area contributed by atoms with Crippen molar-refractivity contribution in [3.05, 3.63) is 22.5 Å². The molecule has 0 spiro atoms. The van der Waals surface area contributed by atoms with Crippen molar-refractivity contribution in [2.75, 3.05) is 0 Å². The van der Waals surface area contributed by atoms with Crippen LogP contribution in [-0.2, 0) is 0 Å². The molecule has 1 aromatic rings. The average Bonchev–Trinajstić information content (AvgIpc) is 2.87. The average molecular weight is 281 g/mol. The number of unbranched alkanes of at least 4 members (excludes halogenated alkanes) is 9. The maximum absolute atomic E-state index is 10.9. The zero-order valence-electron chi connectivity index (χ0n) is 13.2. The van der Waals surface area contributed by atoms with Gasteiger partial charge in [0.1, 0.15) is 6.26 Å². The van der Waals surface area contributed by atoms with Crippen molar-refractivity contribution in [3.8, 4) is 0 Å². The lowest BCUT2D eigenvalue weighted by atomic mass is 9.99. The van der Waals surface area contributed by atoms with Crippen LogP contribution < -0.4 is 5.76 Å². The van der Waals surface area contributed by atoms with Crippen LogP contribution in [-0.4, -0.2) is 4.98 Å². The van der Waals surface area contributed by atoms with Crippen LogP contribution >= 0.6 is 0 Å². The largest absolute Gasteiger partial charge is 0.416 e. The van der Waals surface area contributed by atoms with E-state index in [1.165, 1.54) is 64.2 Å². The maximum atomic E-state index is 10.9. The third kappa shape index (κ3) is 7.56. The molecule has 0 aliphatic carbocycles. The Balaban J connectivity index is 1.91. The van der Waals surface area contributed by atoms with Gasteiger partial charge in [0.25, 0.3) is 0 Å². The molecule has 0 saturated heterocycles. The first-order valence-electron chi connectivity index (χ1n) is 8.41. The molecule has 0 fully saturated rings. The van der Waals surface area contributed by atoms with E-state index < -0.39 is 0 Å². The van der Waals surface area contributed by atoms with Crippen molar-refractivity contribution in [1.29, 1.82) is 0 Å². The first-order chi connectivity index (χ1) is 9.74. The van der Waals surface area contributed by atoms with Crippen LogP contribution in [0.25, 0.3) is 0 Å². The number of oxazole rings is 1. The number of H-pyrrole nitrogens is 1. The molecule has 3 heteroatoms. The van der Waals surface area contributed by atoms with Gasteiger partial charge in [-0.1, -0.05) is 78.1 Å². The van der Waals surface area contributed by atoms with E-state index in [1.54, 1.807) is 6.26 Å². The summed E-state index contributed by atoms with van der Waals surface area (Å²) in [6.07, 6.45) is 16.3. The van der Waals surface area contributed by atoms with Crippen LogP contribution in [0.4, 0.5) is 0 Å². The molecule has 0 amide bonds. The lowest BCUT2D eigenvalue weighted by molar-refractivity contribution is 0.510. The highest BCUT2D eigenvalue weighted by Crippen LogP contribution is 2.20. The van der Waals surface area contributed by atoms with Crippen molar-refractivity contribution >= 4 is 0 Å². The molecule has 0 aliphatic rings. The summed E-state index contributed by atoms with van der Waals surface area (Å²) in [5.41, 5.74) is 0.936. The van der Waals surface area contributed by atoms with E-state index in [0.717, 1.165) is 12.1 Å². The number of rotatable bonds is 12. The Hall–Kier alpha value is -0.990. The number of hydrogen-bond acceptors (Lipinski definition) is 2. The Kier molecular flexibility index (Phi) is 9.18. The second-order valence-electron chi connectivity index (χ2n) is 5.98. The van der Waals surface area contributed by atoms with Gasteiger partial charge in [-0.15, -0.1) is 0 Å². The van der Waals surface area contributed by atoms with Crippen molar-refractivity contribution in [2.45, 2.75) is 90.4 Å². The zero-order valence-corrected chi connectivity index (χ0v) is 13.2. The Bertz CT molecular complexity index is 380. The van der Waals surface area contributed by atoms with Crippen molar-refractivity contribution in [2.24, 2.45) is 0 Å². The summed E-state index contributed by atoms with van der Waals surface area (Å²) >= 11 is 0. The Morgan fingerprint density at radius 2 is 1.55 bits per heavy atom. The summed E-state index contributed by atoms with van der Waals surface area (Å²) < 4.78 is 4.77. The van der Waals surface area contributed by atoms with Crippen LogP contribution in [0.3, 0.4) is 0 Å². The summed E-state index contributed by atoms with van der Waals surface area (Å²) in [5.74, 6) is 0.0606. The minimum Gasteiger partial charge on any atom is -0.416 e. The van der Waals surface area contributed by atoms with Gasteiger partial charge >= 0.3 is 5.76 Å². The number of nitrogens with one attached hydrogen (secondary N) is 1. The first-order valence-corrected chi connectivity index (χ1v) is 8.41. The predicted molar refractivity (Wildman–Crippen MR) is 84.2 cm³/mol. The molecule has 1 N–H and O–H groups in total. The van der Waals surface area contributed by atoms with Gasteiger partial charge in [0.15, 0.2) is 0 Å². The Morgan fingerprint density at radius 1 is 1.00 bits per heavy atom. The maximum Gasteiger partial charge on any atom is 0.416 e. The fourth-order valence-corrected chi connectivity index (χ4v) is 2.63. The molecule has 20 heavy (non-hydrogen) atoms.